The predicted octanol–water partition coefficient (Wildman–Crippen LogP) is 0.661. The molecule has 1 aliphatic carbocycles. The largest absolute Gasteiger partial charge is 0.328 e. The molecule has 0 radical (unpaired) electrons. The zero-order valence-corrected chi connectivity index (χ0v) is 12.1. The van der Waals surface area contributed by atoms with Crippen LogP contribution in [-0.4, -0.2) is 27.4 Å². The molecule has 1 aliphatic rings. The van der Waals surface area contributed by atoms with Crippen molar-refractivity contribution in [1.29, 1.82) is 0 Å². The van der Waals surface area contributed by atoms with Gasteiger partial charge in [0.1, 0.15) is 0 Å². The molecule has 0 saturated heterocycles. The molecule has 0 aliphatic heterocycles. The summed E-state index contributed by atoms with van der Waals surface area (Å²) in [4.78, 5) is 12.2. The predicted molar refractivity (Wildman–Crippen MR) is 76.6 cm³/mol. The zero-order valence-electron chi connectivity index (χ0n) is 11.3. The van der Waals surface area contributed by atoms with Crippen molar-refractivity contribution in [3.05, 3.63) is 24.3 Å². The average Bonchev–Trinajstić information content (AvgIpc) is 2.86. The Kier molecular flexibility index (Phi) is 4.42. The van der Waals surface area contributed by atoms with E-state index >= 15 is 0 Å². The monoisotopic (exact) mass is 297 g/mol. The van der Waals surface area contributed by atoms with Crippen LogP contribution in [-0.2, 0) is 14.8 Å². The molecular formula is C13H19N3O3S. The van der Waals surface area contributed by atoms with Gasteiger partial charge in [-0.05, 0) is 44.5 Å². The summed E-state index contributed by atoms with van der Waals surface area (Å²) in [7, 11) is -2.16. The third kappa shape index (κ3) is 3.36. The maximum atomic E-state index is 12.1. The standard InChI is InChI=1S/C13H19N3O3S/c1-15-20(18,19)12-4-2-3-11(8-12)16-13(17)9-5-6-10(14)7-9/h2-4,8-10,15H,5-7,14H2,1H3,(H,16,17). The van der Waals surface area contributed by atoms with E-state index in [2.05, 4.69) is 10.0 Å². The van der Waals surface area contributed by atoms with Crippen molar-refractivity contribution in [2.45, 2.75) is 30.2 Å². The SMILES string of the molecule is CNS(=O)(=O)c1cccc(NC(=O)C2CCC(N)C2)c1. The van der Waals surface area contributed by atoms with Gasteiger partial charge in [-0.3, -0.25) is 4.79 Å². The number of sulfonamides is 1. The maximum absolute atomic E-state index is 12.1. The van der Waals surface area contributed by atoms with E-state index in [9.17, 15) is 13.2 Å². The lowest BCUT2D eigenvalue weighted by Gasteiger charge is -2.11. The maximum Gasteiger partial charge on any atom is 0.240 e. The van der Waals surface area contributed by atoms with E-state index in [0.29, 0.717) is 12.1 Å². The van der Waals surface area contributed by atoms with Crippen LogP contribution in [0.25, 0.3) is 0 Å². The number of benzene rings is 1. The molecule has 0 heterocycles. The number of nitrogens with one attached hydrogen (secondary N) is 2. The molecule has 1 aromatic carbocycles. The molecular weight excluding hydrogens is 278 g/mol. The second-order valence-corrected chi connectivity index (χ2v) is 6.88. The molecule has 0 bridgehead atoms. The van der Waals surface area contributed by atoms with Crippen molar-refractivity contribution in [3.8, 4) is 0 Å². The van der Waals surface area contributed by atoms with Gasteiger partial charge in [0.25, 0.3) is 0 Å². The highest BCUT2D eigenvalue weighted by Gasteiger charge is 2.27. The third-order valence-electron chi connectivity index (χ3n) is 3.52. The Morgan fingerprint density at radius 3 is 2.70 bits per heavy atom. The molecule has 1 fully saturated rings. The number of carbonyl (C=O) groups excluding carboxylic acids is 1. The van der Waals surface area contributed by atoms with Gasteiger partial charge in [0.2, 0.25) is 15.9 Å². The number of nitrogens with two attached hydrogens (primary N) is 1. The van der Waals surface area contributed by atoms with E-state index in [0.717, 1.165) is 12.8 Å². The third-order valence-corrected chi connectivity index (χ3v) is 4.94. The van der Waals surface area contributed by atoms with Crippen molar-refractivity contribution in [2.24, 2.45) is 11.7 Å². The minimum atomic E-state index is -3.51. The second-order valence-electron chi connectivity index (χ2n) is 4.99. The topological polar surface area (TPSA) is 101 Å². The Balaban J connectivity index is 2.10. The van der Waals surface area contributed by atoms with Crippen LogP contribution >= 0.6 is 0 Å². The first-order valence-electron chi connectivity index (χ1n) is 6.52. The first kappa shape index (κ1) is 15.0. The normalized spacial score (nSPS) is 22.7. The Bertz CT molecular complexity index is 601. The second kappa shape index (κ2) is 5.90. The van der Waals surface area contributed by atoms with E-state index in [1.54, 1.807) is 12.1 Å². The van der Waals surface area contributed by atoms with Crippen LogP contribution < -0.4 is 15.8 Å². The fraction of sp³-hybridized carbons (Fsp3) is 0.462. The summed E-state index contributed by atoms with van der Waals surface area (Å²) in [6, 6.07) is 6.27. The van der Waals surface area contributed by atoms with E-state index in [1.807, 2.05) is 0 Å². The molecule has 20 heavy (non-hydrogen) atoms. The highest BCUT2D eigenvalue weighted by molar-refractivity contribution is 7.89. The fourth-order valence-corrected chi connectivity index (χ4v) is 3.13. The van der Waals surface area contributed by atoms with Crippen molar-refractivity contribution in [1.82, 2.24) is 4.72 Å². The summed E-state index contributed by atoms with van der Waals surface area (Å²) in [5, 5.41) is 2.75. The minimum absolute atomic E-state index is 0.0850. The van der Waals surface area contributed by atoms with Gasteiger partial charge in [-0.1, -0.05) is 6.07 Å². The van der Waals surface area contributed by atoms with Crippen LogP contribution in [0.15, 0.2) is 29.2 Å². The lowest BCUT2D eigenvalue weighted by molar-refractivity contribution is -0.119. The highest BCUT2D eigenvalue weighted by atomic mass is 32.2. The van der Waals surface area contributed by atoms with Crippen LogP contribution in [0.4, 0.5) is 5.69 Å². The van der Waals surface area contributed by atoms with E-state index < -0.39 is 10.0 Å². The van der Waals surface area contributed by atoms with Gasteiger partial charge in [-0.2, -0.15) is 0 Å². The Labute approximate surface area is 118 Å². The van der Waals surface area contributed by atoms with Gasteiger partial charge in [-0.15, -0.1) is 0 Å². The minimum Gasteiger partial charge on any atom is -0.328 e. The smallest absolute Gasteiger partial charge is 0.240 e. The molecule has 6 nitrogen and oxygen atoms in total. The van der Waals surface area contributed by atoms with Gasteiger partial charge in [0.15, 0.2) is 0 Å². The Morgan fingerprint density at radius 1 is 1.35 bits per heavy atom. The summed E-state index contributed by atoms with van der Waals surface area (Å²) in [6.45, 7) is 0. The van der Waals surface area contributed by atoms with Crippen LogP contribution in [0.1, 0.15) is 19.3 Å². The molecule has 0 aromatic heterocycles. The molecule has 2 atom stereocenters. The van der Waals surface area contributed by atoms with Gasteiger partial charge < -0.3 is 11.1 Å². The van der Waals surface area contributed by atoms with Crippen molar-refractivity contribution < 1.29 is 13.2 Å². The van der Waals surface area contributed by atoms with Gasteiger partial charge in [0, 0.05) is 17.6 Å². The summed E-state index contributed by atoms with van der Waals surface area (Å²) in [5.41, 5.74) is 6.27. The lowest BCUT2D eigenvalue weighted by atomic mass is 10.1. The number of carbonyl (C=O) groups is 1. The van der Waals surface area contributed by atoms with E-state index in [1.165, 1.54) is 19.2 Å². The van der Waals surface area contributed by atoms with Crippen molar-refractivity contribution in [3.63, 3.8) is 0 Å². The summed E-state index contributed by atoms with van der Waals surface area (Å²) < 4.78 is 25.6. The molecule has 2 unspecified atom stereocenters. The number of rotatable bonds is 4. The van der Waals surface area contributed by atoms with E-state index in [-0.39, 0.29) is 22.8 Å². The molecule has 4 N–H and O–H groups in total. The Morgan fingerprint density at radius 2 is 2.10 bits per heavy atom. The van der Waals surface area contributed by atoms with Crippen LogP contribution in [0, 0.1) is 5.92 Å². The number of hydrogen-bond donors (Lipinski definition) is 3. The Hall–Kier alpha value is -1.44. The van der Waals surface area contributed by atoms with Gasteiger partial charge >= 0.3 is 0 Å². The first-order chi connectivity index (χ1) is 9.42. The molecule has 1 aromatic rings. The molecule has 2 rings (SSSR count). The molecule has 7 heteroatoms. The average molecular weight is 297 g/mol. The van der Waals surface area contributed by atoms with Crippen LogP contribution in [0.3, 0.4) is 0 Å². The van der Waals surface area contributed by atoms with Crippen molar-refractivity contribution >= 4 is 21.6 Å². The summed E-state index contributed by atoms with van der Waals surface area (Å²) in [5.74, 6) is -0.188. The molecule has 110 valence electrons. The summed E-state index contributed by atoms with van der Waals surface area (Å²) >= 11 is 0. The van der Waals surface area contributed by atoms with Crippen molar-refractivity contribution in [2.75, 3.05) is 12.4 Å². The summed E-state index contributed by atoms with van der Waals surface area (Å²) in [6.07, 6.45) is 2.31. The number of anilines is 1. The number of amides is 1. The molecule has 1 saturated carbocycles. The zero-order chi connectivity index (χ0) is 14.8. The van der Waals surface area contributed by atoms with Crippen LogP contribution in [0.2, 0.25) is 0 Å². The molecule has 1 amide bonds. The number of hydrogen-bond acceptors (Lipinski definition) is 4. The van der Waals surface area contributed by atoms with E-state index in [4.69, 9.17) is 5.73 Å². The molecule has 0 spiro atoms. The fourth-order valence-electron chi connectivity index (χ4n) is 2.36. The highest BCUT2D eigenvalue weighted by Crippen LogP contribution is 2.25. The van der Waals surface area contributed by atoms with Crippen LogP contribution in [0.5, 0.6) is 0 Å². The lowest BCUT2D eigenvalue weighted by Crippen LogP contribution is -2.23. The van der Waals surface area contributed by atoms with Gasteiger partial charge in [0.05, 0.1) is 4.90 Å². The first-order valence-corrected chi connectivity index (χ1v) is 8.01. The van der Waals surface area contributed by atoms with Gasteiger partial charge in [-0.25, -0.2) is 13.1 Å². The quantitative estimate of drug-likeness (QED) is 0.760.